The number of rotatable bonds is 2. The summed E-state index contributed by atoms with van der Waals surface area (Å²) in [6.07, 6.45) is 0. The van der Waals surface area contributed by atoms with Crippen LogP contribution in [0.15, 0.2) is 30.3 Å². The zero-order valence-electron chi connectivity index (χ0n) is 10.4. The summed E-state index contributed by atoms with van der Waals surface area (Å²) in [6, 6.07) is 7.13. The third-order valence-electron chi connectivity index (χ3n) is 2.64. The van der Waals surface area contributed by atoms with Crippen molar-refractivity contribution in [2.45, 2.75) is 6.92 Å². The Bertz CT molecular complexity index is 666. The van der Waals surface area contributed by atoms with E-state index in [2.05, 4.69) is 5.32 Å². The Hall–Kier alpha value is -1.78. The average molecular weight is 314 g/mol. The van der Waals surface area contributed by atoms with Gasteiger partial charge in [0.25, 0.3) is 5.91 Å². The van der Waals surface area contributed by atoms with E-state index in [0.29, 0.717) is 0 Å². The van der Waals surface area contributed by atoms with Crippen molar-refractivity contribution in [1.29, 1.82) is 0 Å². The summed E-state index contributed by atoms with van der Waals surface area (Å²) >= 11 is 11.3. The molecule has 0 aliphatic carbocycles. The van der Waals surface area contributed by atoms with Gasteiger partial charge >= 0.3 is 0 Å². The molecule has 0 radical (unpaired) electrons. The molecule has 0 aromatic heterocycles. The first-order chi connectivity index (χ1) is 9.38. The van der Waals surface area contributed by atoms with Gasteiger partial charge in [0, 0.05) is 5.69 Å². The summed E-state index contributed by atoms with van der Waals surface area (Å²) in [5, 5.41) is 11.8. The fraction of sp³-hybridized carbons (Fsp3) is 0.0714. The molecule has 1 amide bonds. The van der Waals surface area contributed by atoms with E-state index in [1.54, 1.807) is 13.0 Å². The number of aryl methyl sites for hydroxylation is 1. The molecule has 20 heavy (non-hydrogen) atoms. The molecule has 2 aromatic rings. The number of anilines is 1. The third-order valence-corrected chi connectivity index (χ3v) is 3.19. The van der Waals surface area contributed by atoms with Gasteiger partial charge in [0.2, 0.25) is 0 Å². The Morgan fingerprint density at radius 3 is 2.40 bits per heavy atom. The highest BCUT2D eigenvalue weighted by Gasteiger charge is 2.14. The lowest BCUT2D eigenvalue weighted by Gasteiger charge is -2.09. The standard InChI is InChI=1S/C14H10Cl2FNO2/c1-7-2-3-12(19)9(4-7)14(20)18-8-5-10(15)13(17)11(16)6-8/h2-6,19H,1H3,(H,18,20). The van der Waals surface area contributed by atoms with Gasteiger partial charge in [0.05, 0.1) is 15.6 Å². The monoisotopic (exact) mass is 313 g/mol. The smallest absolute Gasteiger partial charge is 0.259 e. The molecular weight excluding hydrogens is 304 g/mol. The number of phenols is 1. The molecule has 0 atom stereocenters. The summed E-state index contributed by atoms with van der Waals surface area (Å²) in [7, 11) is 0. The maximum absolute atomic E-state index is 13.3. The molecule has 0 aliphatic rings. The largest absolute Gasteiger partial charge is 0.507 e. The number of carbonyl (C=O) groups is 1. The Labute approximate surface area is 124 Å². The molecule has 6 heteroatoms. The lowest BCUT2D eigenvalue weighted by molar-refractivity contribution is 0.102. The Balaban J connectivity index is 2.30. The quantitative estimate of drug-likeness (QED) is 0.807. The number of phenolic OH excluding ortho intramolecular Hbond substituents is 1. The normalized spacial score (nSPS) is 10.4. The van der Waals surface area contributed by atoms with Gasteiger partial charge in [-0.05, 0) is 31.2 Å². The van der Waals surface area contributed by atoms with E-state index in [4.69, 9.17) is 23.2 Å². The Kier molecular flexibility index (Phi) is 4.16. The fourth-order valence-corrected chi connectivity index (χ4v) is 2.14. The highest BCUT2D eigenvalue weighted by atomic mass is 35.5. The minimum absolute atomic E-state index is 0.113. The van der Waals surface area contributed by atoms with Gasteiger partial charge in [0.15, 0.2) is 5.82 Å². The van der Waals surface area contributed by atoms with Gasteiger partial charge < -0.3 is 10.4 Å². The summed E-state index contributed by atoms with van der Waals surface area (Å²) in [5.41, 5.74) is 1.18. The minimum atomic E-state index is -0.746. The van der Waals surface area contributed by atoms with Gasteiger partial charge in [-0.2, -0.15) is 0 Å². The Morgan fingerprint density at radius 1 is 1.20 bits per heavy atom. The van der Waals surface area contributed by atoms with Crippen LogP contribution in [0.4, 0.5) is 10.1 Å². The zero-order chi connectivity index (χ0) is 14.9. The van der Waals surface area contributed by atoms with Crippen LogP contribution >= 0.6 is 23.2 Å². The van der Waals surface area contributed by atoms with Crippen molar-refractivity contribution in [3.05, 3.63) is 57.3 Å². The molecule has 2 N–H and O–H groups in total. The van der Waals surface area contributed by atoms with Crippen molar-refractivity contribution in [2.75, 3.05) is 5.32 Å². The van der Waals surface area contributed by atoms with E-state index in [1.165, 1.54) is 24.3 Å². The Morgan fingerprint density at radius 2 is 1.80 bits per heavy atom. The molecule has 0 saturated heterocycles. The molecule has 0 bridgehead atoms. The molecule has 0 aliphatic heterocycles. The van der Waals surface area contributed by atoms with Crippen LogP contribution < -0.4 is 5.32 Å². The number of benzene rings is 2. The van der Waals surface area contributed by atoms with Crippen LogP contribution in [0, 0.1) is 12.7 Å². The maximum atomic E-state index is 13.3. The number of amides is 1. The van der Waals surface area contributed by atoms with E-state index in [0.717, 1.165) is 5.56 Å². The van der Waals surface area contributed by atoms with Crippen molar-refractivity contribution >= 4 is 34.8 Å². The molecule has 0 heterocycles. The number of halogens is 3. The van der Waals surface area contributed by atoms with Gasteiger partial charge in [-0.15, -0.1) is 0 Å². The van der Waals surface area contributed by atoms with Crippen LogP contribution in [0.1, 0.15) is 15.9 Å². The molecule has 2 rings (SSSR count). The van der Waals surface area contributed by atoms with Crippen LogP contribution in [0.2, 0.25) is 10.0 Å². The first-order valence-corrected chi connectivity index (χ1v) is 6.39. The number of hydrogen-bond acceptors (Lipinski definition) is 2. The van der Waals surface area contributed by atoms with Gasteiger partial charge in [0.1, 0.15) is 5.75 Å². The number of nitrogens with one attached hydrogen (secondary N) is 1. The van der Waals surface area contributed by atoms with Crippen molar-refractivity contribution in [2.24, 2.45) is 0 Å². The third kappa shape index (κ3) is 3.03. The highest BCUT2D eigenvalue weighted by molar-refractivity contribution is 6.35. The first kappa shape index (κ1) is 14.6. The van der Waals surface area contributed by atoms with Gasteiger partial charge in [-0.3, -0.25) is 4.79 Å². The van der Waals surface area contributed by atoms with Crippen molar-refractivity contribution in [1.82, 2.24) is 0 Å². The molecule has 0 saturated carbocycles. The van der Waals surface area contributed by atoms with Crippen molar-refractivity contribution in [3.63, 3.8) is 0 Å². The summed E-state index contributed by atoms with van der Waals surface area (Å²) in [5.74, 6) is -1.43. The molecule has 0 fully saturated rings. The van der Waals surface area contributed by atoms with Crippen molar-refractivity contribution in [3.8, 4) is 5.75 Å². The average Bonchev–Trinajstić information content (AvgIpc) is 2.38. The topological polar surface area (TPSA) is 49.3 Å². The predicted molar refractivity (Wildman–Crippen MR) is 77.2 cm³/mol. The number of aromatic hydroxyl groups is 1. The van der Waals surface area contributed by atoms with Crippen LogP contribution in [-0.2, 0) is 0 Å². The van der Waals surface area contributed by atoms with E-state index < -0.39 is 11.7 Å². The SMILES string of the molecule is Cc1ccc(O)c(C(=O)Nc2cc(Cl)c(F)c(Cl)c2)c1. The van der Waals surface area contributed by atoms with Gasteiger partial charge in [-0.1, -0.05) is 34.8 Å². The maximum Gasteiger partial charge on any atom is 0.259 e. The first-order valence-electron chi connectivity index (χ1n) is 5.64. The lowest BCUT2D eigenvalue weighted by atomic mass is 10.1. The second kappa shape index (κ2) is 5.69. The van der Waals surface area contributed by atoms with E-state index in [9.17, 15) is 14.3 Å². The molecule has 3 nitrogen and oxygen atoms in total. The molecule has 0 unspecified atom stereocenters. The van der Waals surface area contributed by atoms with E-state index in [-0.39, 0.29) is 27.0 Å². The minimum Gasteiger partial charge on any atom is -0.507 e. The number of carbonyl (C=O) groups excluding carboxylic acids is 1. The molecule has 2 aromatic carbocycles. The zero-order valence-corrected chi connectivity index (χ0v) is 11.9. The van der Waals surface area contributed by atoms with Crippen LogP contribution in [0.25, 0.3) is 0 Å². The van der Waals surface area contributed by atoms with Crippen LogP contribution in [-0.4, -0.2) is 11.0 Å². The van der Waals surface area contributed by atoms with E-state index in [1.807, 2.05) is 0 Å². The van der Waals surface area contributed by atoms with E-state index >= 15 is 0 Å². The predicted octanol–water partition coefficient (Wildman–Crippen LogP) is 4.40. The van der Waals surface area contributed by atoms with Gasteiger partial charge in [-0.25, -0.2) is 4.39 Å². The summed E-state index contributed by atoms with van der Waals surface area (Å²) < 4.78 is 13.3. The lowest BCUT2D eigenvalue weighted by Crippen LogP contribution is -2.12. The van der Waals surface area contributed by atoms with Crippen LogP contribution in [0.5, 0.6) is 5.75 Å². The second-order valence-corrected chi connectivity index (χ2v) is 5.04. The highest BCUT2D eigenvalue weighted by Crippen LogP contribution is 2.28. The van der Waals surface area contributed by atoms with Crippen LogP contribution in [0.3, 0.4) is 0 Å². The molecule has 0 spiro atoms. The van der Waals surface area contributed by atoms with Crippen molar-refractivity contribution < 1.29 is 14.3 Å². The summed E-state index contributed by atoms with van der Waals surface area (Å²) in [4.78, 5) is 12.0. The number of hydrogen-bond donors (Lipinski definition) is 2. The second-order valence-electron chi connectivity index (χ2n) is 4.23. The molecule has 104 valence electrons. The summed E-state index contributed by atoms with van der Waals surface area (Å²) in [6.45, 7) is 1.79. The molecular formula is C14H10Cl2FNO2. The fourth-order valence-electron chi connectivity index (χ4n) is 1.66.